The highest BCUT2D eigenvalue weighted by molar-refractivity contribution is 7.15. The Hall–Kier alpha value is -1.63. The van der Waals surface area contributed by atoms with Crippen LogP contribution in [0.1, 0.15) is 50.1 Å². The summed E-state index contributed by atoms with van der Waals surface area (Å²) < 4.78 is 0. The first-order valence-electron chi connectivity index (χ1n) is 7.26. The van der Waals surface area contributed by atoms with E-state index in [9.17, 15) is 14.7 Å². The molecule has 3 N–H and O–H groups in total. The summed E-state index contributed by atoms with van der Waals surface area (Å²) in [5.74, 6) is -1.03. The second-order valence-electron chi connectivity index (χ2n) is 5.56. The van der Waals surface area contributed by atoms with Crippen LogP contribution < -0.4 is 10.6 Å². The number of fused-ring (bicyclic) bond motifs is 1. The Kier molecular flexibility index (Phi) is 4.82. The maximum Gasteiger partial charge on any atom is 0.329 e. The number of anilines is 1. The van der Waals surface area contributed by atoms with Crippen LogP contribution in [0.3, 0.4) is 0 Å². The van der Waals surface area contributed by atoms with Gasteiger partial charge in [-0.15, -0.1) is 11.3 Å². The van der Waals surface area contributed by atoms with Crippen molar-refractivity contribution >= 4 is 28.5 Å². The van der Waals surface area contributed by atoms with Gasteiger partial charge in [0.15, 0.2) is 5.13 Å². The summed E-state index contributed by atoms with van der Waals surface area (Å²) in [5.41, 5.74) is -0.188. The molecule has 0 aliphatic heterocycles. The van der Waals surface area contributed by atoms with Crippen molar-refractivity contribution in [1.29, 1.82) is 0 Å². The van der Waals surface area contributed by atoms with E-state index in [-0.39, 0.29) is 0 Å². The Labute approximate surface area is 128 Å². The highest BCUT2D eigenvalue weighted by atomic mass is 32.1. The van der Waals surface area contributed by atoms with Crippen LogP contribution in [0.25, 0.3) is 0 Å². The highest BCUT2D eigenvalue weighted by Crippen LogP contribution is 2.29. The summed E-state index contributed by atoms with van der Waals surface area (Å²) in [6.07, 6.45) is 5.32. The van der Waals surface area contributed by atoms with E-state index < -0.39 is 17.5 Å². The van der Waals surface area contributed by atoms with Crippen LogP contribution in [-0.4, -0.2) is 27.6 Å². The lowest BCUT2D eigenvalue weighted by Crippen LogP contribution is -2.53. The number of rotatable bonds is 5. The van der Waals surface area contributed by atoms with Gasteiger partial charge in [0, 0.05) is 4.88 Å². The molecule has 21 heavy (non-hydrogen) atoms. The minimum absolute atomic E-state index is 0.379. The zero-order valence-corrected chi connectivity index (χ0v) is 13.2. The van der Waals surface area contributed by atoms with E-state index in [0.717, 1.165) is 31.4 Å². The van der Waals surface area contributed by atoms with Crippen molar-refractivity contribution in [3.8, 4) is 0 Å². The number of nitrogens with zero attached hydrogens (tertiary/aromatic N) is 1. The Bertz CT molecular complexity index is 520. The van der Waals surface area contributed by atoms with Gasteiger partial charge in [-0.1, -0.05) is 13.3 Å². The number of nitrogens with one attached hydrogen (secondary N) is 2. The van der Waals surface area contributed by atoms with E-state index in [0.29, 0.717) is 18.0 Å². The number of aryl methyl sites for hydroxylation is 2. The lowest BCUT2D eigenvalue weighted by atomic mass is 9.97. The van der Waals surface area contributed by atoms with Gasteiger partial charge in [0.05, 0.1) is 5.69 Å². The van der Waals surface area contributed by atoms with Crippen LogP contribution >= 0.6 is 11.3 Å². The second-order valence-corrected chi connectivity index (χ2v) is 6.65. The quantitative estimate of drug-likeness (QED) is 0.779. The maximum absolute atomic E-state index is 12.0. The molecule has 6 nitrogen and oxygen atoms in total. The number of carbonyl (C=O) groups excluding carboxylic acids is 1. The van der Waals surface area contributed by atoms with Crippen LogP contribution in [0.2, 0.25) is 0 Å². The Balaban J connectivity index is 2.00. The number of carbonyl (C=O) groups is 2. The number of hydrogen-bond donors (Lipinski definition) is 3. The first-order valence-corrected chi connectivity index (χ1v) is 8.07. The van der Waals surface area contributed by atoms with Crippen LogP contribution in [0, 0.1) is 0 Å². The van der Waals surface area contributed by atoms with Crippen molar-refractivity contribution in [1.82, 2.24) is 10.3 Å². The van der Waals surface area contributed by atoms with Gasteiger partial charge in [0.25, 0.3) is 0 Å². The molecule has 1 atom stereocenters. The minimum atomic E-state index is -1.25. The van der Waals surface area contributed by atoms with Crippen molar-refractivity contribution in [2.75, 3.05) is 5.32 Å². The summed E-state index contributed by atoms with van der Waals surface area (Å²) in [5, 5.41) is 15.0. The predicted octanol–water partition coefficient (Wildman–Crippen LogP) is 2.79. The molecule has 0 spiro atoms. The molecule has 1 heterocycles. The average molecular weight is 311 g/mol. The van der Waals surface area contributed by atoms with Crippen LogP contribution in [-0.2, 0) is 17.6 Å². The molecule has 0 radical (unpaired) electrons. The molecule has 7 heteroatoms. The largest absolute Gasteiger partial charge is 0.480 e. The summed E-state index contributed by atoms with van der Waals surface area (Å²) in [7, 11) is 0. The van der Waals surface area contributed by atoms with Crippen LogP contribution in [0.5, 0.6) is 0 Å². The van der Waals surface area contributed by atoms with Crippen LogP contribution in [0.15, 0.2) is 0 Å². The predicted molar refractivity (Wildman–Crippen MR) is 81.9 cm³/mol. The van der Waals surface area contributed by atoms with Crippen molar-refractivity contribution in [3.05, 3.63) is 10.6 Å². The van der Waals surface area contributed by atoms with E-state index >= 15 is 0 Å². The standard InChI is InChI=1S/C14H21N3O3S/c1-3-8-14(2,11(18)19)17-12(20)16-13-15-9-6-4-5-7-10(9)21-13/h3-8H2,1-2H3,(H,18,19)(H2,15,16,17,20). The van der Waals surface area contributed by atoms with E-state index in [1.165, 1.54) is 23.1 Å². The molecule has 2 amide bonds. The number of aromatic nitrogens is 1. The maximum atomic E-state index is 12.0. The van der Waals surface area contributed by atoms with Gasteiger partial charge in [0.1, 0.15) is 5.54 Å². The molecule has 0 aromatic carbocycles. The van der Waals surface area contributed by atoms with Crippen LogP contribution in [0.4, 0.5) is 9.93 Å². The van der Waals surface area contributed by atoms with Crippen molar-refractivity contribution in [3.63, 3.8) is 0 Å². The van der Waals surface area contributed by atoms with Crippen molar-refractivity contribution in [2.24, 2.45) is 0 Å². The van der Waals surface area contributed by atoms with Gasteiger partial charge in [-0.25, -0.2) is 14.6 Å². The molecular weight excluding hydrogens is 290 g/mol. The Morgan fingerprint density at radius 3 is 2.71 bits per heavy atom. The number of urea groups is 1. The topological polar surface area (TPSA) is 91.3 Å². The molecule has 0 fully saturated rings. The van der Waals surface area contributed by atoms with Gasteiger partial charge < -0.3 is 10.4 Å². The number of carboxylic acids is 1. The third kappa shape index (κ3) is 3.72. The Morgan fingerprint density at radius 2 is 2.10 bits per heavy atom. The van der Waals surface area contributed by atoms with Crippen molar-refractivity contribution < 1.29 is 14.7 Å². The number of thiazole rings is 1. The third-order valence-electron chi connectivity index (χ3n) is 3.68. The zero-order chi connectivity index (χ0) is 15.5. The minimum Gasteiger partial charge on any atom is -0.480 e. The number of hydrogen-bond acceptors (Lipinski definition) is 4. The molecule has 1 aromatic heterocycles. The van der Waals surface area contributed by atoms with E-state index in [1.807, 2.05) is 6.92 Å². The van der Waals surface area contributed by atoms with Gasteiger partial charge in [-0.2, -0.15) is 0 Å². The number of carboxylic acid groups (broad SMARTS) is 1. The summed E-state index contributed by atoms with van der Waals surface area (Å²) in [6.45, 7) is 3.40. The average Bonchev–Trinajstić information content (AvgIpc) is 2.80. The van der Waals surface area contributed by atoms with Gasteiger partial charge in [0.2, 0.25) is 0 Å². The smallest absolute Gasteiger partial charge is 0.329 e. The summed E-state index contributed by atoms with van der Waals surface area (Å²) in [4.78, 5) is 28.9. The van der Waals surface area contributed by atoms with Crippen molar-refractivity contribution in [2.45, 2.75) is 57.9 Å². The molecule has 0 saturated carbocycles. The number of amides is 2. The molecule has 1 unspecified atom stereocenters. The lowest BCUT2D eigenvalue weighted by molar-refractivity contribution is -0.143. The fraction of sp³-hybridized carbons (Fsp3) is 0.643. The summed E-state index contributed by atoms with van der Waals surface area (Å²) >= 11 is 1.48. The molecule has 116 valence electrons. The normalized spacial score (nSPS) is 16.7. The molecule has 1 aliphatic rings. The second kappa shape index (κ2) is 6.43. The van der Waals surface area contributed by atoms with Gasteiger partial charge in [-0.05, 0) is 39.0 Å². The summed E-state index contributed by atoms with van der Waals surface area (Å²) in [6, 6.07) is -0.514. The SMILES string of the molecule is CCCC(C)(NC(=O)Nc1nc2c(s1)CCCC2)C(=O)O. The first kappa shape index (κ1) is 15.8. The van der Waals surface area contributed by atoms with E-state index in [4.69, 9.17) is 0 Å². The fourth-order valence-corrected chi connectivity index (χ4v) is 3.55. The van der Waals surface area contributed by atoms with E-state index in [1.54, 1.807) is 0 Å². The lowest BCUT2D eigenvalue weighted by Gasteiger charge is -2.25. The molecule has 1 aromatic rings. The first-order chi connectivity index (χ1) is 9.94. The zero-order valence-electron chi connectivity index (χ0n) is 12.4. The van der Waals surface area contributed by atoms with Gasteiger partial charge >= 0.3 is 12.0 Å². The Morgan fingerprint density at radius 1 is 1.38 bits per heavy atom. The number of aliphatic carboxylic acids is 1. The van der Waals surface area contributed by atoms with Gasteiger partial charge in [-0.3, -0.25) is 5.32 Å². The monoisotopic (exact) mass is 311 g/mol. The molecule has 2 rings (SSSR count). The molecule has 1 aliphatic carbocycles. The highest BCUT2D eigenvalue weighted by Gasteiger charge is 2.34. The molecular formula is C14H21N3O3S. The molecule has 0 saturated heterocycles. The third-order valence-corrected chi connectivity index (χ3v) is 4.75. The molecule has 0 bridgehead atoms. The fourth-order valence-electron chi connectivity index (χ4n) is 2.51. The van der Waals surface area contributed by atoms with E-state index in [2.05, 4.69) is 15.6 Å².